The normalized spacial score (nSPS) is 16.1. The minimum absolute atomic E-state index is 0.0250. The first-order valence-corrected chi connectivity index (χ1v) is 8.78. The Bertz CT molecular complexity index is 625. The standard InChI is InChI=1S/C14H19FN2O3S/c1-21(19,20)11-6-7-12(15)13(8-11)17-14(18)9-16-10-4-2-3-5-10/h6-8,10,16H,2-5,9H2,1H3,(H,17,18). The zero-order valence-corrected chi connectivity index (χ0v) is 12.7. The molecule has 1 aromatic rings. The second-order valence-electron chi connectivity index (χ2n) is 5.32. The van der Waals surface area contributed by atoms with Gasteiger partial charge in [0.25, 0.3) is 0 Å². The number of carbonyl (C=O) groups is 1. The van der Waals surface area contributed by atoms with Crippen molar-refractivity contribution in [2.75, 3.05) is 18.1 Å². The molecular formula is C14H19FN2O3S. The van der Waals surface area contributed by atoms with Crippen molar-refractivity contribution in [2.45, 2.75) is 36.6 Å². The molecule has 0 heterocycles. The molecule has 0 radical (unpaired) electrons. The third-order valence-electron chi connectivity index (χ3n) is 3.55. The van der Waals surface area contributed by atoms with Gasteiger partial charge in [-0.25, -0.2) is 12.8 Å². The minimum atomic E-state index is -3.44. The third kappa shape index (κ3) is 4.50. The summed E-state index contributed by atoms with van der Waals surface area (Å²) in [5.41, 5.74) is -0.115. The molecule has 2 rings (SSSR count). The first kappa shape index (κ1) is 15.9. The Morgan fingerprint density at radius 2 is 2.00 bits per heavy atom. The van der Waals surface area contributed by atoms with Gasteiger partial charge >= 0.3 is 0 Å². The van der Waals surface area contributed by atoms with E-state index in [0.717, 1.165) is 44.1 Å². The highest BCUT2D eigenvalue weighted by Gasteiger charge is 2.16. The van der Waals surface area contributed by atoms with Gasteiger partial charge in [0.15, 0.2) is 9.84 Å². The summed E-state index contributed by atoms with van der Waals surface area (Å²) in [5, 5.41) is 5.52. The van der Waals surface area contributed by atoms with Crippen LogP contribution in [0.5, 0.6) is 0 Å². The van der Waals surface area contributed by atoms with E-state index in [-0.39, 0.29) is 23.0 Å². The zero-order chi connectivity index (χ0) is 15.5. The molecule has 21 heavy (non-hydrogen) atoms. The van der Waals surface area contributed by atoms with Gasteiger partial charge in [0.1, 0.15) is 5.82 Å². The minimum Gasteiger partial charge on any atom is -0.322 e. The number of nitrogens with one attached hydrogen (secondary N) is 2. The topological polar surface area (TPSA) is 75.3 Å². The van der Waals surface area contributed by atoms with Gasteiger partial charge in [0, 0.05) is 12.3 Å². The van der Waals surface area contributed by atoms with Crippen molar-refractivity contribution in [3.05, 3.63) is 24.0 Å². The largest absolute Gasteiger partial charge is 0.322 e. The molecule has 5 nitrogen and oxygen atoms in total. The van der Waals surface area contributed by atoms with Crippen LogP contribution in [0.1, 0.15) is 25.7 Å². The molecule has 1 fully saturated rings. The number of halogens is 1. The average Bonchev–Trinajstić information content (AvgIpc) is 2.91. The molecule has 7 heteroatoms. The molecule has 1 aliphatic rings. The van der Waals surface area contributed by atoms with E-state index in [1.54, 1.807) is 0 Å². The Labute approximate surface area is 123 Å². The second kappa shape index (κ2) is 6.53. The SMILES string of the molecule is CS(=O)(=O)c1ccc(F)c(NC(=O)CNC2CCCC2)c1. The van der Waals surface area contributed by atoms with Crippen LogP contribution in [-0.4, -0.2) is 33.2 Å². The van der Waals surface area contributed by atoms with Crippen LogP contribution in [-0.2, 0) is 14.6 Å². The molecule has 1 saturated carbocycles. The van der Waals surface area contributed by atoms with Gasteiger partial charge in [-0.15, -0.1) is 0 Å². The number of hydrogen-bond acceptors (Lipinski definition) is 4. The Morgan fingerprint density at radius 3 is 2.62 bits per heavy atom. The van der Waals surface area contributed by atoms with E-state index in [0.29, 0.717) is 6.04 Å². The van der Waals surface area contributed by atoms with E-state index in [4.69, 9.17) is 0 Å². The van der Waals surface area contributed by atoms with Crippen LogP contribution >= 0.6 is 0 Å². The van der Waals surface area contributed by atoms with Crippen molar-refractivity contribution in [1.29, 1.82) is 0 Å². The lowest BCUT2D eigenvalue weighted by atomic mass is 10.2. The molecule has 0 unspecified atom stereocenters. The summed E-state index contributed by atoms with van der Waals surface area (Å²) in [7, 11) is -3.44. The molecule has 1 aliphatic carbocycles. The summed E-state index contributed by atoms with van der Waals surface area (Å²) in [5.74, 6) is -1.04. The van der Waals surface area contributed by atoms with Crippen LogP contribution in [0.25, 0.3) is 0 Å². The van der Waals surface area contributed by atoms with Gasteiger partial charge < -0.3 is 10.6 Å². The Morgan fingerprint density at radius 1 is 1.33 bits per heavy atom. The first-order chi connectivity index (χ1) is 9.86. The van der Waals surface area contributed by atoms with Crippen LogP contribution in [0.3, 0.4) is 0 Å². The predicted octanol–water partition coefficient (Wildman–Crippen LogP) is 1.70. The van der Waals surface area contributed by atoms with Crippen molar-refractivity contribution in [3.8, 4) is 0 Å². The number of carbonyl (C=O) groups excluding carboxylic acids is 1. The average molecular weight is 314 g/mol. The number of sulfone groups is 1. The van der Waals surface area contributed by atoms with E-state index in [2.05, 4.69) is 10.6 Å². The zero-order valence-electron chi connectivity index (χ0n) is 11.9. The summed E-state index contributed by atoms with van der Waals surface area (Å²) in [6.45, 7) is 0.0905. The lowest BCUT2D eigenvalue weighted by Gasteiger charge is -2.12. The highest BCUT2D eigenvalue weighted by atomic mass is 32.2. The highest BCUT2D eigenvalue weighted by Crippen LogP contribution is 2.20. The molecule has 0 bridgehead atoms. The van der Waals surface area contributed by atoms with Gasteiger partial charge in [-0.1, -0.05) is 12.8 Å². The van der Waals surface area contributed by atoms with E-state index < -0.39 is 15.7 Å². The molecule has 0 aromatic heterocycles. The van der Waals surface area contributed by atoms with Crippen molar-refractivity contribution < 1.29 is 17.6 Å². The van der Waals surface area contributed by atoms with Crippen LogP contribution in [0.15, 0.2) is 23.1 Å². The van der Waals surface area contributed by atoms with Gasteiger partial charge in [-0.2, -0.15) is 0 Å². The smallest absolute Gasteiger partial charge is 0.238 e. The molecule has 1 aromatic carbocycles. The molecule has 0 aliphatic heterocycles. The fourth-order valence-electron chi connectivity index (χ4n) is 2.39. The van der Waals surface area contributed by atoms with E-state index >= 15 is 0 Å². The van der Waals surface area contributed by atoms with Gasteiger partial charge in [0.2, 0.25) is 5.91 Å². The van der Waals surface area contributed by atoms with Crippen LogP contribution in [0, 0.1) is 5.82 Å². The Balaban J connectivity index is 1.99. The summed E-state index contributed by atoms with van der Waals surface area (Å²) in [6, 6.07) is 3.69. The number of hydrogen-bond donors (Lipinski definition) is 2. The first-order valence-electron chi connectivity index (χ1n) is 6.89. The van der Waals surface area contributed by atoms with E-state index in [9.17, 15) is 17.6 Å². The Hall–Kier alpha value is -1.47. The maximum absolute atomic E-state index is 13.6. The Kier molecular flexibility index (Phi) is 4.95. The second-order valence-corrected chi connectivity index (χ2v) is 7.34. The quantitative estimate of drug-likeness (QED) is 0.811. The van der Waals surface area contributed by atoms with Crippen molar-refractivity contribution in [2.24, 2.45) is 0 Å². The number of amides is 1. The molecular weight excluding hydrogens is 295 g/mol. The van der Waals surface area contributed by atoms with Gasteiger partial charge in [0.05, 0.1) is 17.1 Å². The highest BCUT2D eigenvalue weighted by molar-refractivity contribution is 7.90. The monoisotopic (exact) mass is 314 g/mol. The summed E-state index contributed by atoms with van der Waals surface area (Å²) in [4.78, 5) is 11.8. The predicted molar refractivity (Wildman–Crippen MR) is 78.4 cm³/mol. The fourth-order valence-corrected chi connectivity index (χ4v) is 3.04. The van der Waals surface area contributed by atoms with E-state index in [1.807, 2.05) is 0 Å². The molecule has 0 spiro atoms. The van der Waals surface area contributed by atoms with Crippen LogP contribution in [0.2, 0.25) is 0 Å². The summed E-state index contributed by atoms with van der Waals surface area (Å²) in [6.07, 6.45) is 5.44. The third-order valence-corrected chi connectivity index (χ3v) is 4.66. The fraction of sp³-hybridized carbons (Fsp3) is 0.500. The van der Waals surface area contributed by atoms with Crippen molar-refractivity contribution >= 4 is 21.4 Å². The van der Waals surface area contributed by atoms with Gasteiger partial charge in [-0.05, 0) is 31.0 Å². The summed E-state index contributed by atoms with van der Waals surface area (Å²) < 4.78 is 36.5. The summed E-state index contributed by atoms with van der Waals surface area (Å²) >= 11 is 0. The van der Waals surface area contributed by atoms with Crippen LogP contribution in [0.4, 0.5) is 10.1 Å². The maximum Gasteiger partial charge on any atom is 0.238 e. The number of benzene rings is 1. The number of rotatable bonds is 5. The lowest BCUT2D eigenvalue weighted by Crippen LogP contribution is -2.34. The van der Waals surface area contributed by atoms with Crippen molar-refractivity contribution in [3.63, 3.8) is 0 Å². The lowest BCUT2D eigenvalue weighted by molar-refractivity contribution is -0.115. The van der Waals surface area contributed by atoms with Gasteiger partial charge in [-0.3, -0.25) is 4.79 Å². The van der Waals surface area contributed by atoms with E-state index in [1.165, 1.54) is 6.07 Å². The maximum atomic E-state index is 13.6. The number of anilines is 1. The molecule has 0 saturated heterocycles. The molecule has 2 N–H and O–H groups in total. The molecule has 0 atom stereocenters. The molecule has 116 valence electrons. The van der Waals surface area contributed by atoms with Crippen molar-refractivity contribution in [1.82, 2.24) is 5.32 Å². The molecule has 1 amide bonds. The van der Waals surface area contributed by atoms with Crippen LogP contribution < -0.4 is 10.6 Å².